The molecule has 0 fully saturated rings. The molecule has 1 heterocycles. The SMILES string of the molecule is Cc1cccc(CNC(CO)CC(C)C)n1. The molecule has 0 amide bonds. The summed E-state index contributed by atoms with van der Waals surface area (Å²) in [6.45, 7) is 7.22. The molecular formula is C13H22N2O. The molecule has 0 radical (unpaired) electrons. The van der Waals surface area contributed by atoms with Crippen LogP contribution in [0.3, 0.4) is 0 Å². The lowest BCUT2D eigenvalue weighted by Gasteiger charge is -2.18. The third-order valence-corrected chi connectivity index (χ3v) is 2.49. The molecular weight excluding hydrogens is 200 g/mol. The minimum absolute atomic E-state index is 0.169. The van der Waals surface area contributed by atoms with Gasteiger partial charge in [0.1, 0.15) is 0 Å². The van der Waals surface area contributed by atoms with E-state index in [0.29, 0.717) is 5.92 Å². The first-order chi connectivity index (χ1) is 7.61. The molecule has 1 atom stereocenters. The van der Waals surface area contributed by atoms with Gasteiger partial charge in [0.25, 0.3) is 0 Å². The van der Waals surface area contributed by atoms with Crippen LogP contribution >= 0.6 is 0 Å². The second-order valence-corrected chi connectivity index (χ2v) is 4.66. The molecule has 0 aromatic carbocycles. The molecule has 3 nitrogen and oxygen atoms in total. The maximum Gasteiger partial charge on any atom is 0.0584 e. The molecule has 90 valence electrons. The third kappa shape index (κ3) is 4.73. The first-order valence-corrected chi connectivity index (χ1v) is 5.88. The second kappa shape index (κ2) is 6.61. The molecule has 0 saturated heterocycles. The number of aliphatic hydroxyl groups excluding tert-OH is 1. The molecule has 0 saturated carbocycles. The van der Waals surface area contributed by atoms with Crippen LogP contribution in [0.2, 0.25) is 0 Å². The van der Waals surface area contributed by atoms with E-state index in [-0.39, 0.29) is 12.6 Å². The molecule has 3 heteroatoms. The van der Waals surface area contributed by atoms with Crippen molar-refractivity contribution in [1.82, 2.24) is 10.3 Å². The van der Waals surface area contributed by atoms with E-state index in [4.69, 9.17) is 0 Å². The van der Waals surface area contributed by atoms with Crippen LogP contribution in [0.5, 0.6) is 0 Å². The zero-order chi connectivity index (χ0) is 12.0. The van der Waals surface area contributed by atoms with Gasteiger partial charge in [0.15, 0.2) is 0 Å². The van der Waals surface area contributed by atoms with Gasteiger partial charge in [0.2, 0.25) is 0 Å². The predicted octanol–water partition coefficient (Wildman–Crippen LogP) is 1.89. The number of hydrogen-bond acceptors (Lipinski definition) is 3. The highest BCUT2D eigenvalue weighted by Crippen LogP contribution is 2.05. The van der Waals surface area contributed by atoms with Crippen LogP contribution in [0, 0.1) is 12.8 Å². The van der Waals surface area contributed by atoms with Crippen molar-refractivity contribution >= 4 is 0 Å². The van der Waals surface area contributed by atoms with Gasteiger partial charge in [-0.05, 0) is 31.4 Å². The van der Waals surface area contributed by atoms with Gasteiger partial charge >= 0.3 is 0 Å². The van der Waals surface area contributed by atoms with Crippen LogP contribution in [-0.2, 0) is 6.54 Å². The van der Waals surface area contributed by atoms with Crippen molar-refractivity contribution in [3.05, 3.63) is 29.6 Å². The van der Waals surface area contributed by atoms with Gasteiger partial charge in [-0.15, -0.1) is 0 Å². The Hall–Kier alpha value is -0.930. The first-order valence-electron chi connectivity index (χ1n) is 5.88. The number of hydrogen-bond donors (Lipinski definition) is 2. The van der Waals surface area contributed by atoms with Crippen LogP contribution in [0.1, 0.15) is 31.7 Å². The topological polar surface area (TPSA) is 45.1 Å². The number of pyridine rings is 1. The molecule has 16 heavy (non-hydrogen) atoms. The summed E-state index contributed by atoms with van der Waals surface area (Å²) < 4.78 is 0. The Labute approximate surface area is 97.9 Å². The smallest absolute Gasteiger partial charge is 0.0584 e. The van der Waals surface area contributed by atoms with Crippen LogP contribution < -0.4 is 5.32 Å². The van der Waals surface area contributed by atoms with E-state index in [1.807, 2.05) is 25.1 Å². The number of nitrogens with one attached hydrogen (secondary N) is 1. The molecule has 2 N–H and O–H groups in total. The lowest BCUT2D eigenvalue weighted by atomic mass is 10.0. The normalized spacial score (nSPS) is 13.1. The highest BCUT2D eigenvalue weighted by molar-refractivity contribution is 5.09. The quantitative estimate of drug-likeness (QED) is 0.772. The Morgan fingerprint density at radius 3 is 2.69 bits per heavy atom. The van der Waals surface area contributed by atoms with Crippen LogP contribution in [0.4, 0.5) is 0 Å². The van der Waals surface area contributed by atoms with E-state index in [9.17, 15) is 5.11 Å². The Morgan fingerprint density at radius 2 is 2.12 bits per heavy atom. The standard InChI is InChI=1S/C13H22N2O/c1-10(2)7-13(9-16)14-8-12-6-4-5-11(3)15-12/h4-6,10,13-14,16H,7-9H2,1-3H3. The number of nitrogens with zero attached hydrogens (tertiary/aromatic N) is 1. The summed E-state index contributed by atoms with van der Waals surface area (Å²) in [5, 5.41) is 12.6. The first kappa shape index (κ1) is 13.1. The Morgan fingerprint density at radius 1 is 1.38 bits per heavy atom. The van der Waals surface area contributed by atoms with Crippen molar-refractivity contribution in [3.8, 4) is 0 Å². The van der Waals surface area contributed by atoms with E-state index < -0.39 is 0 Å². The van der Waals surface area contributed by atoms with E-state index in [2.05, 4.69) is 24.1 Å². The largest absolute Gasteiger partial charge is 0.395 e. The summed E-state index contributed by atoms with van der Waals surface area (Å²) in [4.78, 5) is 4.41. The lowest BCUT2D eigenvalue weighted by molar-refractivity contribution is 0.223. The van der Waals surface area contributed by atoms with E-state index in [0.717, 1.165) is 24.4 Å². The summed E-state index contributed by atoms with van der Waals surface area (Å²) >= 11 is 0. The summed E-state index contributed by atoms with van der Waals surface area (Å²) in [6.07, 6.45) is 0.988. The molecule has 1 aromatic rings. The summed E-state index contributed by atoms with van der Waals surface area (Å²) in [5.74, 6) is 0.593. The van der Waals surface area contributed by atoms with E-state index in [1.54, 1.807) is 0 Å². The van der Waals surface area contributed by atoms with Gasteiger partial charge in [-0.2, -0.15) is 0 Å². The fourth-order valence-corrected chi connectivity index (χ4v) is 1.74. The van der Waals surface area contributed by atoms with Crippen molar-refractivity contribution in [3.63, 3.8) is 0 Å². The van der Waals surface area contributed by atoms with Crippen molar-refractivity contribution in [2.75, 3.05) is 6.61 Å². The fraction of sp³-hybridized carbons (Fsp3) is 0.615. The van der Waals surface area contributed by atoms with E-state index in [1.165, 1.54) is 0 Å². The number of aromatic nitrogens is 1. The number of aryl methyl sites for hydroxylation is 1. The highest BCUT2D eigenvalue weighted by atomic mass is 16.3. The van der Waals surface area contributed by atoms with Gasteiger partial charge in [-0.1, -0.05) is 19.9 Å². The van der Waals surface area contributed by atoms with Crippen molar-refractivity contribution in [2.24, 2.45) is 5.92 Å². The monoisotopic (exact) mass is 222 g/mol. The molecule has 0 aliphatic heterocycles. The minimum atomic E-state index is 0.169. The van der Waals surface area contributed by atoms with Gasteiger partial charge in [0.05, 0.1) is 12.3 Å². The van der Waals surface area contributed by atoms with Crippen LogP contribution in [-0.4, -0.2) is 22.7 Å². The Kier molecular flexibility index (Phi) is 5.43. The number of aliphatic hydroxyl groups is 1. The average Bonchev–Trinajstić information content (AvgIpc) is 2.24. The average molecular weight is 222 g/mol. The molecule has 0 bridgehead atoms. The lowest BCUT2D eigenvalue weighted by Crippen LogP contribution is -2.33. The van der Waals surface area contributed by atoms with Gasteiger partial charge in [-0.3, -0.25) is 4.98 Å². The van der Waals surface area contributed by atoms with Crippen molar-refractivity contribution < 1.29 is 5.11 Å². The van der Waals surface area contributed by atoms with Gasteiger partial charge in [0, 0.05) is 18.3 Å². The number of rotatable bonds is 6. The second-order valence-electron chi connectivity index (χ2n) is 4.66. The maximum atomic E-state index is 9.22. The molecule has 0 aliphatic rings. The summed E-state index contributed by atoms with van der Waals surface area (Å²) in [6, 6.07) is 6.17. The Balaban J connectivity index is 2.43. The molecule has 0 aliphatic carbocycles. The summed E-state index contributed by atoms with van der Waals surface area (Å²) in [5.41, 5.74) is 2.06. The third-order valence-electron chi connectivity index (χ3n) is 2.49. The minimum Gasteiger partial charge on any atom is -0.395 e. The maximum absolute atomic E-state index is 9.22. The van der Waals surface area contributed by atoms with E-state index >= 15 is 0 Å². The zero-order valence-electron chi connectivity index (χ0n) is 10.4. The fourth-order valence-electron chi connectivity index (χ4n) is 1.74. The summed E-state index contributed by atoms with van der Waals surface area (Å²) in [7, 11) is 0. The molecule has 0 spiro atoms. The zero-order valence-corrected chi connectivity index (χ0v) is 10.4. The van der Waals surface area contributed by atoms with Crippen molar-refractivity contribution in [1.29, 1.82) is 0 Å². The Bertz CT molecular complexity index is 313. The van der Waals surface area contributed by atoms with Crippen LogP contribution in [0.25, 0.3) is 0 Å². The predicted molar refractivity (Wildman–Crippen MR) is 66.1 cm³/mol. The van der Waals surface area contributed by atoms with Crippen LogP contribution in [0.15, 0.2) is 18.2 Å². The van der Waals surface area contributed by atoms with Crippen molar-refractivity contribution in [2.45, 2.75) is 39.8 Å². The molecule has 1 aromatic heterocycles. The molecule has 1 rings (SSSR count). The van der Waals surface area contributed by atoms with Gasteiger partial charge in [-0.25, -0.2) is 0 Å². The van der Waals surface area contributed by atoms with Gasteiger partial charge < -0.3 is 10.4 Å². The molecule has 1 unspecified atom stereocenters. The highest BCUT2D eigenvalue weighted by Gasteiger charge is 2.09.